The number of nitrogens with zero attached hydrogens (tertiary/aromatic N) is 1. The van der Waals surface area contributed by atoms with Gasteiger partial charge in [0, 0.05) is 27.4 Å². The van der Waals surface area contributed by atoms with E-state index in [-0.39, 0.29) is 22.7 Å². The van der Waals surface area contributed by atoms with E-state index in [0.717, 1.165) is 23.7 Å². The molecular formula is C18H19BrClNO3S. The van der Waals surface area contributed by atoms with Gasteiger partial charge in [-0.05, 0) is 31.9 Å². The second-order valence-corrected chi connectivity index (χ2v) is 8.62. The van der Waals surface area contributed by atoms with E-state index in [1.165, 1.54) is 6.42 Å². The number of fused-ring (bicyclic) bond motifs is 1. The summed E-state index contributed by atoms with van der Waals surface area (Å²) in [6.45, 7) is 2.16. The summed E-state index contributed by atoms with van der Waals surface area (Å²) in [4.78, 5) is 17.0. The lowest BCUT2D eigenvalue weighted by molar-refractivity contribution is -0.139. The molecule has 0 aromatic heterocycles. The second kappa shape index (κ2) is 8.14. The number of rotatable bonds is 4. The predicted octanol–water partition coefficient (Wildman–Crippen LogP) is 5.31. The van der Waals surface area contributed by atoms with E-state index in [0.29, 0.717) is 28.0 Å². The van der Waals surface area contributed by atoms with Crippen LogP contribution in [-0.2, 0) is 9.53 Å². The highest BCUT2D eigenvalue weighted by Gasteiger charge is 2.41. The third-order valence-corrected chi connectivity index (χ3v) is 6.60. The molecule has 0 spiro atoms. The summed E-state index contributed by atoms with van der Waals surface area (Å²) in [5, 5.41) is 11.4. The Kier molecular flexibility index (Phi) is 6.12. The molecule has 4 nitrogen and oxygen atoms in total. The molecule has 0 saturated heterocycles. The van der Waals surface area contributed by atoms with Crippen molar-refractivity contribution < 1.29 is 14.6 Å². The molecule has 0 radical (unpaired) electrons. The van der Waals surface area contributed by atoms with Gasteiger partial charge in [0.25, 0.3) is 0 Å². The quantitative estimate of drug-likeness (QED) is 0.505. The van der Waals surface area contributed by atoms with Crippen molar-refractivity contribution in [2.45, 2.75) is 37.9 Å². The molecule has 2 atom stereocenters. The van der Waals surface area contributed by atoms with Gasteiger partial charge in [0.15, 0.2) is 0 Å². The highest BCUT2D eigenvalue weighted by Crippen LogP contribution is 2.49. The van der Waals surface area contributed by atoms with E-state index in [1.807, 2.05) is 6.92 Å². The fraction of sp³-hybridized carbons (Fsp3) is 0.444. The van der Waals surface area contributed by atoms with Crippen LogP contribution in [0.5, 0.6) is 5.75 Å². The molecule has 25 heavy (non-hydrogen) atoms. The Hall–Kier alpha value is -0.980. The van der Waals surface area contributed by atoms with E-state index in [4.69, 9.17) is 16.3 Å². The molecule has 0 amide bonds. The Morgan fingerprint density at radius 2 is 2.24 bits per heavy atom. The lowest BCUT2D eigenvalue weighted by atomic mass is 9.84. The van der Waals surface area contributed by atoms with E-state index < -0.39 is 0 Å². The normalized spacial score (nSPS) is 23.2. The molecular weight excluding hydrogens is 426 g/mol. The number of aliphatic imine (C=N–C) groups is 1. The molecule has 1 saturated carbocycles. The summed E-state index contributed by atoms with van der Waals surface area (Å²) in [5.74, 6) is -0.0787. The topological polar surface area (TPSA) is 58.9 Å². The molecule has 3 rings (SSSR count). The standard InChI is InChI=1S/C18H19BrClNO3S/c1-2-24-18(23)15-12-5-3-4-6-14(12)25-17(15)21-9-10-7-11(19)8-13(20)16(10)22/h7-9,12,14,22H,2-6H2,1H3/b21-9+. The van der Waals surface area contributed by atoms with Crippen molar-refractivity contribution in [1.29, 1.82) is 0 Å². The Balaban J connectivity index is 1.94. The number of carbonyl (C=O) groups excluding carboxylic acids is 1. The lowest BCUT2D eigenvalue weighted by Crippen LogP contribution is -2.24. The second-order valence-electron chi connectivity index (χ2n) is 6.07. The molecule has 0 bridgehead atoms. The van der Waals surface area contributed by atoms with Gasteiger partial charge in [0.2, 0.25) is 0 Å². The van der Waals surface area contributed by atoms with Crippen LogP contribution in [-0.4, -0.2) is 29.1 Å². The fourth-order valence-electron chi connectivity index (χ4n) is 3.29. The van der Waals surface area contributed by atoms with Gasteiger partial charge in [0.05, 0.1) is 17.2 Å². The summed E-state index contributed by atoms with van der Waals surface area (Å²) in [6, 6.07) is 3.36. The molecule has 1 aliphatic carbocycles. The third kappa shape index (κ3) is 4.07. The van der Waals surface area contributed by atoms with E-state index in [1.54, 1.807) is 30.1 Å². The fourth-order valence-corrected chi connectivity index (χ4v) is 5.61. The van der Waals surface area contributed by atoms with Gasteiger partial charge in [-0.15, -0.1) is 11.8 Å². The van der Waals surface area contributed by atoms with Crippen molar-refractivity contribution in [3.8, 4) is 5.75 Å². The zero-order valence-corrected chi connectivity index (χ0v) is 17.0. The summed E-state index contributed by atoms with van der Waals surface area (Å²) in [5.41, 5.74) is 1.19. The van der Waals surface area contributed by atoms with Crippen LogP contribution < -0.4 is 0 Å². The number of phenols is 1. The number of halogens is 2. The maximum Gasteiger partial charge on any atom is 0.337 e. The number of thioether (sulfide) groups is 1. The van der Waals surface area contributed by atoms with Crippen LogP contribution >= 0.6 is 39.3 Å². The Morgan fingerprint density at radius 3 is 3.00 bits per heavy atom. The molecule has 1 aromatic carbocycles. The number of hydrogen-bond donors (Lipinski definition) is 1. The van der Waals surface area contributed by atoms with Gasteiger partial charge in [-0.1, -0.05) is 40.4 Å². The van der Waals surface area contributed by atoms with Crippen LogP contribution in [0, 0.1) is 5.92 Å². The Labute approximate surface area is 164 Å². The molecule has 134 valence electrons. The molecule has 7 heteroatoms. The van der Waals surface area contributed by atoms with Crippen LogP contribution in [0.4, 0.5) is 0 Å². The van der Waals surface area contributed by atoms with Crippen LogP contribution in [0.3, 0.4) is 0 Å². The maximum absolute atomic E-state index is 12.5. The molecule has 1 N–H and O–H groups in total. The van der Waals surface area contributed by atoms with E-state index in [9.17, 15) is 9.90 Å². The van der Waals surface area contributed by atoms with Crippen molar-refractivity contribution in [3.63, 3.8) is 0 Å². The van der Waals surface area contributed by atoms with Crippen molar-refractivity contribution >= 4 is 51.5 Å². The molecule has 1 heterocycles. The van der Waals surface area contributed by atoms with Gasteiger partial charge < -0.3 is 9.84 Å². The first-order valence-electron chi connectivity index (χ1n) is 8.31. The van der Waals surface area contributed by atoms with E-state index >= 15 is 0 Å². The minimum atomic E-state index is -0.270. The van der Waals surface area contributed by atoms with Crippen LogP contribution in [0.15, 0.2) is 32.2 Å². The maximum atomic E-state index is 12.5. The molecule has 1 aromatic rings. The van der Waals surface area contributed by atoms with Crippen LogP contribution in [0.25, 0.3) is 0 Å². The van der Waals surface area contributed by atoms with Gasteiger partial charge in [0.1, 0.15) is 10.8 Å². The minimum Gasteiger partial charge on any atom is -0.506 e. The molecule has 2 aliphatic rings. The Bertz CT molecular complexity index is 750. The highest BCUT2D eigenvalue weighted by molar-refractivity contribution is 9.10. The average molecular weight is 445 g/mol. The number of esters is 1. The summed E-state index contributed by atoms with van der Waals surface area (Å²) in [6.07, 6.45) is 5.96. The smallest absolute Gasteiger partial charge is 0.337 e. The first kappa shape index (κ1) is 18.8. The van der Waals surface area contributed by atoms with Crippen LogP contribution in [0.1, 0.15) is 38.2 Å². The van der Waals surface area contributed by atoms with Gasteiger partial charge in [-0.2, -0.15) is 0 Å². The zero-order valence-electron chi connectivity index (χ0n) is 13.8. The first-order valence-corrected chi connectivity index (χ1v) is 10.4. The average Bonchev–Trinajstić information content (AvgIpc) is 2.95. The SMILES string of the molecule is CCOC(=O)C1=C(/N=C/c2cc(Br)cc(Cl)c2O)SC2CCCCC12. The number of carbonyl (C=O) groups is 1. The molecule has 1 fully saturated rings. The first-order chi connectivity index (χ1) is 12.0. The lowest BCUT2D eigenvalue weighted by Gasteiger charge is -2.25. The highest BCUT2D eigenvalue weighted by atomic mass is 79.9. The van der Waals surface area contributed by atoms with Crippen molar-refractivity contribution in [1.82, 2.24) is 0 Å². The monoisotopic (exact) mass is 443 g/mol. The largest absolute Gasteiger partial charge is 0.506 e. The van der Waals surface area contributed by atoms with Crippen molar-refractivity contribution in [2.75, 3.05) is 6.61 Å². The zero-order chi connectivity index (χ0) is 18.0. The van der Waals surface area contributed by atoms with Crippen molar-refractivity contribution in [3.05, 3.63) is 37.8 Å². The van der Waals surface area contributed by atoms with E-state index in [2.05, 4.69) is 20.9 Å². The molecule has 1 aliphatic heterocycles. The van der Waals surface area contributed by atoms with Gasteiger partial charge in [-0.25, -0.2) is 9.79 Å². The summed E-state index contributed by atoms with van der Waals surface area (Å²) >= 11 is 11.0. The number of ether oxygens (including phenoxy) is 1. The number of aromatic hydroxyl groups is 1. The Morgan fingerprint density at radius 1 is 1.48 bits per heavy atom. The third-order valence-electron chi connectivity index (χ3n) is 4.44. The summed E-state index contributed by atoms with van der Waals surface area (Å²) in [7, 11) is 0. The predicted molar refractivity (Wildman–Crippen MR) is 105 cm³/mol. The molecule has 2 unspecified atom stereocenters. The van der Waals surface area contributed by atoms with Gasteiger partial charge in [-0.3, -0.25) is 0 Å². The minimum absolute atomic E-state index is 0.0210. The number of phenolic OH excluding ortho intramolecular Hbond substituents is 1. The summed E-state index contributed by atoms with van der Waals surface area (Å²) < 4.78 is 6.01. The number of benzene rings is 1. The number of hydrogen-bond acceptors (Lipinski definition) is 5. The van der Waals surface area contributed by atoms with Crippen molar-refractivity contribution in [2.24, 2.45) is 10.9 Å². The van der Waals surface area contributed by atoms with Crippen LogP contribution in [0.2, 0.25) is 5.02 Å². The van der Waals surface area contributed by atoms with Gasteiger partial charge >= 0.3 is 5.97 Å².